The summed E-state index contributed by atoms with van der Waals surface area (Å²) < 4.78 is 17.1. The average molecular weight is 612 g/mol. The second kappa shape index (κ2) is 14.2. The molecule has 1 N–H and O–H groups in total. The fourth-order valence-electron chi connectivity index (χ4n) is 6.31. The van der Waals surface area contributed by atoms with Gasteiger partial charge in [-0.1, -0.05) is 43.2 Å². The quantitative estimate of drug-likeness (QED) is 0.220. The fraction of sp³-hybridized carbons (Fsp3) is 0.543. The predicted octanol–water partition coefficient (Wildman–Crippen LogP) is 6.84. The molecule has 1 fully saturated rings. The van der Waals surface area contributed by atoms with Crippen LogP contribution in [0.4, 0.5) is 5.69 Å². The van der Waals surface area contributed by atoms with Gasteiger partial charge in [-0.15, -0.1) is 6.58 Å². The molecule has 0 radical (unpaired) electrons. The van der Waals surface area contributed by atoms with Gasteiger partial charge in [0.05, 0.1) is 37.8 Å². The number of nitrogens with zero attached hydrogens (tertiary/aromatic N) is 1. The van der Waals surface area contributed by atoms with Crippen LogP contribution in [-0.4, -0.2) is 55.6 Å². The van der Waals surface area contributed by atoms with Crippen LogP contribution >= 0.6 is 11.6 Å². The van der Waals surface area contributed by atoms with E-state index in [1.54, 1.807) is 26.8 Å². The Bertz CT molecular complexity index is 1300. The molecule has 43 heavy (non-hydrogen) atoms. The van der Waals surface area contributed by atoms with Gasteiger partial charge >= 0.3 is 11.9 Å². The van der Waals surface area contributed by atoms with E-state index in [0.717, 1.165) is 48.7 Å². The summed E-state index contributed by atoms with van der Waals surface area (Å²) in [6, 6.07) is 11.8. The number of carbonyl (C=O) groups is 2. The molecule has 1 aliphatic heterocycles. The molecule has 7 nitrogen and oxygen atoms in total. The van der Waals surface area contributed by atoms with Crippen molar-refractivity contribution in [2.45, 2.75) is 83.3 Å². The van der Waals surface area contributed by atoms with E-state index in [9.17, 15) is 14.7 Å². The van der Waals surface area contributed by atoms with E-state index in [2.05, 4.69) is 30.5 Å². The van der Waals surface area contributed by atoms with Gasteiger partial charge < -0.3 is 24.2 Å². The van der Waals surface area contributed by atoms with Crippen molar-refractivity contribution in [3.8, 4) is 5.75 Å². The molecule has 0 aromatic heterocycles. The van der Waals surface area contributed by atoms with Crippen LogP contribution < -0.4 is 9.64 Å². The van der Waals surface area contributed by atoms with E-state index in [0.29, 0.717) is 18.7 Å². The van der Waals surface area contributed by atoms with Crippen LogP contribution in [0.2, 0.25) is 5.02 Å². The van der Waals surface area contributed by atoms with Crippen molar-refractivity contribution >= 4 is 29.2 Å². The summed E-state index contributed by atoms with van der Waals surface area (Å²) in [7, 11) is 1.33. The number of hydrogen-bond acceptors (Lipinski definition) is 7. The second-order valence-electron chi connectivity index (χ2n) is 12.8. The fourth-order valence-corrected chi connectivity index (χ4v) is 6.50. The SMILES string of the molecule is C=CC(O)C1CCC1CN1CC(c2ccc(Cl)cc2CCC)COc2ccc(C(CC(=O)OC(C)(C)C)C(=O)OC)cc21. The first-order valence-electron chi connectivity index (χ1n) is 15.3. The lowest BCUT2D eigenvalue weighted by atomic mass is 9.70. The third-order valence-electron chi connectivity index (χ3n) is 8.56. The normalized spacial score (nSPS) is 21.4. The minimum atomic E-state index is -0.822. The number of esters is 2. The Kier molecular flexibility index (Phi) is 10.8. The lowest BCUT2D eigenvalue weighted by Crippen LogP contribution is -2.43. The molecule has 1 heterocycles. The van der Waals surface area contributed by atoms with Crippen LogP contribution in [0.3, 0.4) is 0 Å². The molecule has 2 aromatic rings. The molecule has 0 saturated heterocycles. The molecule has 8 heteroatoms. The monoisotopic (exact) mass is 611 g/mol. The van der Waals surface area contributed by atoms with Crippen molar-refractivity contribution in [2.24, 2.45) is 11.8 Å². The lowest BCUT2D eigenvalue weighted by molar-refractivity contribution is -0.158. The molecular formula is C35H46ClNO6. The van der Waals surface area contributed by atoms with Crippen LogP contribution in [0.15, 0.2) is 49.1 Å². The van der Waals surface area contributed by atoms with Gasteiger partial charge in [-0.2, -0.15) is 0 Å². The van der Waals surface area contributed by atoms with Crippen molar-refractivity contribution in [1.29, 1.82) is 0 Å². The largest absolute Gasteiger partial charge is 0.491 e. The molecule has 0 amide bonds. The average Bonchev–Trinajstić information content (AvgIpc) is 3.12. The minimum Gasteiger partial charge on any atom is -0.491 e. The molecule has 5 atom stereocenters. The number of aryl methyl sites for hydroxylation is 1. The van der Waals surface area contributed by atoms with Crippen LogP contribution in [0, 0.1) is 11.8 Å². The van der Waals surface area contributed by atoms with Crippen molar-refractivity contribution in [1.82, 2.24) is 0 Å². The maximum atomic E-state index is 13.0. The van der Waals surface area contributed by atoms with Gasteiger partial charge in [0.25, 0.3) is 0 Å². The molecule has 0 spiro atoms. The number of rotatable bonds is 11. The lowest BCUT2D eigenvalue weighted by Gasteiger charge is -2.42. The Morgan fingerprint density at radius 1 is 1.21 bits per heavy atom. The summed E-state index contributed by atoms with van der Waals surface area (Å²) in [6.07, 6.45) is 4.84. The number of halogens is 1. The number of methoxy groups -OCH3 is 1. The van der Waals surface area contributed by atoms with E-state index in [-0.39, 0.29) is 24.2 Å². The Balaban J connectivity index is 1.71. The number of ether oxygens (including phenoxy) is 3. The zero-order valence-electron chi connectivity index (χ0n) is 26.1. The molecular weight excluding hydrogens is 566 g/mol. The van der Waals surface area contributed by atoms with Crippen molar-refractivity contribution < 1.29 is 28.9 Å². The number of carbonyl (C=O) groups excluding carboxylic acids is 2. The van der Waals surface area contributed by atoms with Crippen LogP contribution in [0.1, 0.15) is 81.9 Å². The Hall–Kier alpha value is -3.03. The zero-order valence-corrected chi connectivity index (χ0v) is 26.9. The van der Waals surface area contributed by atoms with Crippen molar-refractivity contribution in [2.75, 3.05) is 31.7 Å². The standard InChI is InChI=1S/C35H46ClNO6/c1-7-9-22-16-26(36)12-14-27(22)25-20-37(19-24-10-13-28(24)31(38)8-2)30-17-23(11-15-32(30)42-21-25)29(34(40)41-6)18-33(39)43-35(3,4)5/h8,11-12,14-17,24-25,28-29,31,38H,2,7,9-10,13,18-21H2,1,3-6H3. The van der Waals surface area contributed by atoms with Gasteiger partial charge in [-0.05, 0) is 92.8 Å². The molecule has 1 saturated carbocycles. The molecule has 1 aliphatic carbocycles. The number of fused-ring (bicyclic) bond motifs is 1. The smallest absolute Gasteiger partial charge is 0.313 e. The van der Waals surface area contributed by atoms with Crippen LogP contribution in [-0.2, 0) is 25.5 Å². The molecule has 2 aliphatic rings. The Morgan fingerprint density at radius 3 is 2.60 bits per heavy atom. The van der Waals surface area contributed by atoms with Gasteiger partial charge in [0.15, 0.2) is 0 Å². The first-order chi connectivity index (χ1) is 20.4. The topological polar surface area (TPSA) is 85.3 Å². The third-order valence-corrected chi connectivity index (χ3v) is 8.79. The summed E-state index contributed by atoms with van der Waals surface area (Å²) in [5.74, 6) is -0.558. The van der Waals surface area contributed by atoms with Gasteiger partial charge in [0.2, 0.25) is 0 Å². The Labute approximate surface area is 261 Å². The van der Waals surface area contributed by atoms with E-state index >= 15 is 0 Å². The van der Waals surface area contributed by atoms with E-state index in [1.807, 2.05) is 24.3 Å². The second-order valence-corrected chi connectivity index (χ2v) is 13.3. The third kappa shape index (κ3) is 8.12. The number of hydrogen-bond donors (Lipinski definition) is 1. The van der Waals surface area contributed by atoms with E-state index in [4.69, 9.17) is 25.8 Å². The molecule has 234 valence electrons. The predicted molar refractivity (Wildman–Crippen MR) is 170 cm³/mol. The van der Waals surface area contributed by atoms with Gasteiger partial charge in [0.1, 0.15) is 11.4 Å². The highest BCUT2D eigenvalue weighted by Gasteiger charge is 2.38. The minimum absolute atomic E-state index is 0.0793. The zero-order chi connectivity index (χ0) is 31.3. The van der Waals surface area contributed by atoms with Crippen molar-refractivity contribution in [3.63, 3.8) is 0 Å². The summed E-state index contributed by atoms with van der Waals surface area (Å²) in [5, 5.41) is 11.3. The van der Waals surface area contributed by atoms with E-state index < -0.39 is 29.6 Å². The molecule has 0 bridgehead atoms. The highest BCUT2D eigenvalue weighted by atomic mass is 35.5. The highest BCUT2D eigenvalue weighted by molar-refractivity contribution is 6.30. The van der Waals surface area contributed by atoms with Gasteiger partial charge in [-0.3, -0.25) is 9.59 Å². The highest BCUT2D eigenvalue weighted by Crippen LogP contribution is 2.43. The number of anilines is 1. The van der Waals surface area contributed by atoms with Gasteiger partial charge in [0, 0.05) is 24.0 Å². The van der Waals surface area contributed by atoms with Crippen LogP contribution in [0.5, 0.6) is 5.75 Å². The number of aliphatic hydroxyl groups excluding tert-OH is 1. The van der Waals surface area contributed by atoms with Crippen LogP contribution in [0.25, 0.3) is 0 Å². The molecule has 5 unspecified atom stereocenters. The molecule has 2 aromatic carbocycles. The summed E-state index contributed by atoms with van der Waals surface area (Å²) in [4.78, 5) is 28.1. The van der Waals surface area contributed by atoms with E-state index in [1.165, 1.54) is 18.2 Å². The maximum absolute atomic E-state index is 13.0. The number of benzene rings is 2. The first kappa shape index (κ1) is 32.9. The summed E-state index contributed by atoms with van der Waals surface area (Å²) in [6.45, 7) is 13.3. The summed E-state index contributed by atoms with van der Waals surface area (Å²) in [5.41, 5.74) is 3.30. The van der Waals surface area contributed by atoms with Gasteiger partial charge in [-0.25, -0.2) is 0 Å². The number of aliphatic hydroxyl groups is 1. The summed E-state index contributed by atoms with van der Waals surface area (Å²) >= 11 is 6.39. The Morgan fingerprint density at radius 2 is 1.98 bits per heavy atom. The maximum Gasteiger partial charge on any atom is 0.313 e. The first-order valence-corrected chi connectivity index (χ1v) is 15.7. The molecule has 4 rings (SSSR count). The van der Waals surface area contributed by atoms with Crippen molar-refractivity contribution in [3.05, 3.63) is 70.8 Å².